The monoisotopic (exact) mass is 428 g/mol. The van der Waals surface area contributed by atoms with Gasteiger partial charge in [-0.3, -0.25) is 0 Å². The van der Waals surface area contributed by atoms with Crippen LogP contribution in [-0.4, -0.2) is 19.7 Å². The second kappa shape index (κ2) is 9.65. The second-order valence-electron chi connectivity index (χ2n) is 7.59. The minimum Gasteiger partial charge on any atom is -0.497 e. The lowest BCUT2D eigenvalue weighted by Crippen LogP contribution is -2.06. The number of esters is 1. The molecule has 0 radical (unpaired) electrons. The molecular weight excluding hydrogens is 403 g/mol. The number of hydrogen-bond acceptors (Lipinski definition) is 3. The lowest BCUT2D eigenvalue weighted by Gasteiger charge is -2.25. The molecule has 0 heterocycles. The number of methoxy groups -OCH3 is 1. The van der Waals surface area contributed by atoms with Crippen molar-refractivity contribution in [2.75, 3.05) is 13.7 Å². The Kier molecular flexibility index (Phi) is 6.50. The van der Waals surface area contributed by atoms with Crippen molar-refractivity contribution in [1.29, 1.82) is 0 Å². The van der Waals surface area contributed by atoms with Crippen molar-refractivity contribution in [2.24, 2.45) is 0 Å². The summed E-state index contributed by atoms with van der Waals surface area (Å²) in [5.74, 6) is 0.246. The highest BCUT2D eigenvalue weighted by atomic mass is 19.1. The van der Waals surface area contributed by atoms with Crippen molar-refractivity contribution in [3.63, 3.8) is 0 Å². The van der Waals surface area contributed by atoms with Crippen LogP contribution in [0, 0.1) is 5.82 Å². The zero-order valence-corrected chi connectivity index (χ0v) is 18.2. The van der Waals surface area contributed by atoms with Gasteiger partial charge in [0.15, 0.2) is 0 Å². The van der Waals surface area contributed by atoms with E-state index in [1.54, 1.807) is 20.1 Å². The molecule has 0 spiro atoms. The molecule has 4 heteroatoms. The Bertz CT molecular complexity index is 1170. The van der Waals surface area contributed by atoms with Crippen LogP contribution in [0.5, 0.6) is 5.75 Å². The topological polar surface area (TPSA) is 35.5 Å². The maximum absolute atomic E-state index is 13.5. The summed E-state index contributed by atoms with van der Waals surface area (Å²) in [7, 11) is 1.67. The summed E-state index contributed by atoms with van der Waals surface area (Å²) in [4.78, 5) is 11.6. The van der Waals surface area contributed by atoms with Crippen LogP contribution in [0.15, 0.2) is 72.8 Å². The number of allylic oxidation sites excluding steroid dienone is 1. The summed E-state index contributed by atoms with van der Waals surface area (Å²) in [6, 6.07) is 20.9. The fourth-order valence-electron chi connectivity index (χ4n) is 4.08. The quantitative estimate of drug-likeness (QED) is 0.341. The van der Waals surface area contributed by atoms with Crippen LogP contribution in [0.2, 0.25) is 0 Å². The number of carbonyl (C=O) groups is 1. The first-order valence-electron chi connectivity index (χ1n) is 10.7. The first-order chi connectivity index (χ1) is 15.6. The van der Waals surface area contributed by atoms with Gasteiger partial charge in [-0.1, -0.05) is 42.5 Å². The number of rotatable bonds is 6. The Labute approximate surface area is 187 Å². The molecule has 0 saturated heterocycles. The molecule has 32 heavy (non-hydrogen) atoms. The van der Waals surface area contributed by atoms with Crippen molar-refractivity contribution in [3.8, 4) is 5.75 Å². The van der Waals surface area contributed by atoms with Gasteiger partial charge < -0.3 is 9.47 Å². The molecule has 162 valence electrons. The van der Waals surface area contributed by atoms with Gasteiger partial charge >= 0.3 is 5.97 Å². The molecule has 1 aliphatic rings. The molecule has 0 saturated carbocycles. The average molecular weight is 429 g/mol. The number of benzene rings is 3. The van der Waals surface area contributed by atoms with E-state index in [1.165, 1.54) is 29.3 Å². The minimum atomic E-state index is -0.354. The van der Waals surface area contributed by atoms with Crippen LogP contribution in [0.4, 0.5) is 4.39 Å². The third-order valence-corrected chi connectivity index (χ3v) is 5.62. The number of ether oxygens (including phenoxy) is 2. The molecule has 0 unspecified atom stereocenters. The lowest BCUT2D eigenvalue weighted by atomic mass is 9.79. The number of fused-ring (bicyclic) bond motifs is 1. The van der Waals surface area contributed by atoms with Crippen LogP contribution < -0.4 is 4.74 Å². The maximum Gasteiger partial charge on any atom is 0.330 e. The molecule has 1 aliphatic carbocycles. The van der Waals surface area contributed by atoms with Crippen molar-refractivity contribution in [3.05, 3.63) is 106 Å². The number of aryl methyl sites for hydroxylation is 1. The molecule has 0 atom stereocenters. The Morgan fingerprint density at radius 1 is 0.969 bits per heavy atom. The van der Waals surface area contributed by atoms with E-state index in [1.807, 2.05) is 30.3 Å². The highest BCUT2D eigenvalue weighted by Gasteiger charge is 2.22. The average Bonchev–Trinajstić information content (AvgIpc) is 2.83. The molecule has 0 N–H and O–H groups in total. The van der Waals surface area contributed by atoms with E-state index in [-0.39, 0.29) is 11.8 Å². The third-order valence-electron chi connectivity index (χ3n) is 5.62. The van der Waals surface area contributed by atoms with E-state index in [2.05, 4.69) is 24.3 Å². The van der Waals surface area contributed by atoms with Crippen LogP contribution in [0.1, 0.15) is 41.2 Å². The van der Waals surface area contributed by atoms with Gasteiger partial charge in [0.2, 0.25) is 0 Å². The summed E-state index contributed by atoms with van der Waals surface area (Å²) in [5.41, 5.74) is 7.73. The van der Waals surface area contributed by atoms with Gasteiger partial charge in [0.1, 0.15) is 11.6 Å². The SMILES string of the molecule is CCOC(=O)/C=C/c1ccc(C2=C(c3ccc(F)cc3)CCc3cc(OC)ccc32)cc1. The van der Waals surface area contributed by atoms with Crippen LogP contribution in [0.25, 0.3) is 17.2 Å². The first-order valence-corrected chi connectivity index (χ1v) is 10.7. The van der Waals surface area contributed by atoms with Gasteiger partial charge in [-0.05, 0) is 89.1 Å². The summed E-state index contributed by atoms with van der Waals surface area (Å²) >= 11 is 0. The predicted molar refractivity (Wildman–Crippen MR) is 126 cm³/mol. The van der Waals surface area contributed by atoms with E-state index in [0.29, 0.717) is 6.61 Å². The fraction of sp³-hybridized carbons (Fsp3) is 0.179. The number of carbonyl (C=O) groups excluding carboxylic acids is 1. The third kappa shape index (κ3) is 4.65. The lowest BCUT2D eigenvalue weighted by molar-refractivity contribution is -0.137. The van der Waals surface area contributed by atoms with E-state index >= 15 is 0 Å². The smallest absolute Gasteiger partial charge is 0.330 e. The molecule has 0 aliphatic heterocycles. The predicted octanol–water partition coefficient (Wildman–Crippen LogP) is 6.32. The molecule has 3 aromatic carbocycles. The molecule has 0 bridgehead atoms. The summed E-state index contributed by atoms with van der Waals surface area (Å²) < 4.78 is 23.9. The Morgan fingerprint density at radius 2 is 1.69 bits per heavy atom. The van der Waals surface area contributed by atoms with Gasteiger partial charge in [-0.2, -0.15) is 0 Å². The highest BCUT2D eigenvalue weighted by molar-refractivity contribution is 6.01. The first kappa shape index (κ1) is 21.6. The highest BCUT2D eigenvalue weighted by Crippen LogP contribution is 2.41. The molecule has 0 fully saturated rings. The van der Waals surface area contributed by atoms with Crippen molar-refractivity contribution in [1.82, 2.24) is 0 Å². The number of halogens is 1. The van der Waals surface area contributed by atoms with E-state index in [4.69, 9.17) is 9.47 Å². The largest absolute Gasteiger partial charge is 0.497 e. The molecule has 0 aromatic heterocycles. The molecule has 3 nitrogen and oxygen atoms in total. The van der Waals surface area contributed by atoms with Crippen molar-refractivity contribution >= 4 is 23.2 Å². The van der Waals surface area contributed by atoms with Gasteiger partial charge in [0.05, 0.1) is 13.7 Å². The molecule has 0 amide bonds. The Morgan fingerprint density at radius 3 is 2.38 bits per heavy atom. The van der Waals surface area contributed by atoms with Crippen LogP contribution >= 0.6 is 0 Å². The fourth-order valence-corrected chi connectivity index (χ4v) is 4.08. The van der Waals surface area contributed by atoms with Crippen molar-refractivity contribution < 1.29 is 18.7 Å². The maximum atomic E-state index is 13.5. The van der Waals surface area contributed by atoms with Gasteiger partial charge in [0, 0.05) is 6.08 Å². The standard InChI is InChI=1S/C28H25FO3/c1-3-32-27(30)17-6-19-4-7-21(8-5-19)28-25(20-9-12-23(29)13-10-20)15-11-22-18-24(31-2)14-16-26(22)28/h4-10,12-14,16-18H,3,11,15H2,1-2H3/b17-6+. The van der Waals surface area contributed by atoms with E-state index < -0.39 is 0 Å². The van der Waals surface area contributed by atoms with Crippen LogP contribution in [0.3, 0.4) is 0 Å². The van der Waals surface area contributed by atoms with Gasteiger partial charge in [-0.15, -0.1) is 0 Å². The molecule has 4 rings (SSSR count). The Balaban J connectivity index is 1.78. The summed E-state index contributed by atoms with van der Waals surface area (Å²) in [6.45, 7) is 2.14. The zero-order valence-electron chi connectivity index (χ0n) is 18.2. The summed E-state index contributed by atoms with van der Waals surface area (Å²) in [6.07, 6.45) is 4.93. The second-order valence-corrected chi connectivity index (χ2v) is 7.59. The van der Waals surface area contributed by atoms with Crippen LogP contribution in [-0.2, 0) is 16.0 Å². The van der Waals surface area contributed by atoms with Gasteiger partial charge in [-0.25, -0.2) is 9.18 Å². The zero-order chi connectivity index (χ0) is 22.5. The van der Waals surface area contributed by atoms with Gasteiger partial charge in [0.25, 0.3) is 0 Å². The number of hydrogen-bond donors (Lipinski definition) is 0. The molecular formula is C28H25FO3. The minimum absolute atomic E-state index is 0.241. The van der Waals surface area contributed by atoms with Crippen molar-refractivity contribution in [2.45, 2.75) is 19.8 Å². The normalized spacial score (nSPS) is 13.2. The Hall–Kier alpha value is -3.66. The van der Waals surface area contributed by atoms with E-state index in [0.717, 1.165) is 46.4 Å². The summed E-state index contributed by atoms with van der Waals surface area (Å²) in [5, 5.41) is 0. The van der Waals surface area contributed by atoms with E-state index in [9.17, 15) is 9.18 Å². The molecule has 3 aromatic rings.